The summed E-state index contributed by atoms with van der Waals surface area (Å²) < 4.78 is 0. The van der Waals surface area contributed by atoms with Crippen LogP contribution in [0, 0.1) is 0 Å². The molecule has 0 radical (unpaired) electrons. The van der Waals surface area contributed by atoms with Crippen LogP contribution in [-0.2, 0) is 0 Å². The highest BCUT2D eigenvalue weighted by atomic mass is 14.2. The highest BCUT2D eigenvalue weighted by Crippen LogP contribution is 2.43. The fourth-order valence-electron chi connectivity index (χ4n) is 8.90. The molecular formula is C56H36. The van der Waals surface area contributed by atoms with Gasteiger partial charge < -0.3 is 0 Å². The zero-order valence-corrected chi connectivity index (χ0v) is 30.8. The second-order valence-electron chi connectivity index (χ2n) is 14.9. The van der Waals surface area contributed by atoms with Crippen LogP contribution in [0.2, 0.25) is 0 Å². The van der Waals surface area contributed by atoms with E-state index < -0.39 is 0 Å². The van der Waals surface area contributed by atoms with Crippen LogP contribution in [0.15, 0.2) is 218 Å². The predicted octanol–water partition coefficient (Wildman–Crippen LogP) is 15.8. The lowest BCUT2D eigenvalue weighted by Crippen LogP contribution is -1.90. The van der Waals surface area contributed by atoms with E-state index in [1.807, 2.05) is 0 Å². The summed E-state index contributed by atoms with van der Waals surface area (Å²) >= 11 is 0. The van der Waals surface area contributed by atoms with Crippen LogP contribution < -0.4 is 0 Å². The SMILES string of the molecule is c1cc(-c2ccc3c(-c4cccc5ccccc45)c4cc(-c5cccc(-c6cccc7ccccc67)c5)ccc4cc3c2)cc(-c2cccc3ccccc23)c1. The first-order valence-corrected chi connectivity index (χ1v) is 19.4. The van der Waals surface area contributed by atoms with Crippen LogP contribution in [0.5, 0.6) is 0 Å². The fraction of sp³-hybridized carbons (Fsp3) is 0. The summed E-state index contributed by atoms with van der Waals surface area (Å²) in [5, 5.41) is 12.6. The summed E-state index contributed by atoms with van der Waals surface area (Å²) in [4.78, 5) is 0. The minimum atomic E-state index is 1.21. The Morgan fingerprint density at radius 1 is 0.179 bits per heavy atom. The Bertz CT molecular complexity index is 3290. The maximum Gasteiger partial charge on any atom is -0.00204 e. The van der Waals surface area contributed by atoms with Gasteiger partial charge in [0.05, 0.1) is 0 Å². The molecule has 0 unspecified atom stereocenters. The molecule has 0 spiro atoms. The van der Waals surface area contributed by atoms with Gasteiger partial charge in [-0.2, -0.15) is 0 Å². The van der Waals surface area contributed by atoms with E-state index in [0.29, 0.717) is 0 Å². The predicted molar refractivity (Wildman–Crippen MR) is 241 cm³/mol. The molecule has 0 nitrogen and oxygen atoms in total. The van der Waals surface area contributed by atoms with Crippen molar-refractivity contribution in [1.29, 1.82) is 0 Å². The first kappa shape index (κ1) is 32.2. The Labute approximate surface area is 326 Å². The van der Waals surface area contributed by atoms with Gasteiger partial charge in [-0.15, -0.1) is 0 Å². The molecular weight excluding hydrogens is 673 g/mol. The zero-order chi connectivity index (χ0) is 37.0. The lowest BCUT2D eigenvalue weighted by atomic mass is 9.87. The topological polar surface area (TPSA) is 0 Å². The lowest BCUT2D eigenvalue weighted by Gasteiger charge is -2.17. The van der Waals surface area contributed by atoms with E-state index in [0.717, 1.165) is 0 Å². The number of fused-ring (bicyclic) bond motifs is 5. The van der Waals surface area contributed by atoms with Gasteiger partial charge in [-0.3, -0.25) is 0 Å². The van der Waals surface area contributed by atoms with Gasteiger partial charge >= 0.3 is 0 Å². The van der Waals surface area contributed by atoms with E-state index in [2.05, 4.69) is 218 Å². The van der Waals surface area contributed by atoms with Crippen molar-refractivity contribution in [1.82, 2.24) is 0 Å². The maximum atomic E-state index is 2.41. The Balaban J connectivity index is 1.09. The molecule has 0 saturated carbocycles. The minimum Gasteiger partial charge on any atom is -0.0616 e. The van der Waals surface area contributed by atoms with Crippen LogP contribution in [0.3, 0.4) is 0 Å². The van der Waals surface area contributed by atoms with Crippen molar-refractivity contribution >= 4 is 53.9 Å². The van der Waals surface area contributed by atoms with Gasteiger partial charge in [0, 0.05) is 0 Å². The Morgan fingerprint density at radius 3 is 1.20 bits per heavy atom. The van der Waals surface area contributed by atoms with Crippen LogP contribution in [-0.4, -0.2) is 0 Å². The number of rotatable bonds is 5. The van der Waals surface area contributed by atoms with Crippen molar-refractivity contribution in [3.63, 3.8) is 0 Å². The quantitative estimate of drug-likeness (QED) is 0.156. The van der Waals surface area contributed by atoms with Crippen molar-refractivity contribution in [3.8, 4) is 55.6 Å². The molecule has 260 valence electrons. The third-order valence-corrected chi connectivity index (χ3v) is 11.6. The van der Waals surface area contributed by atoms with Crippen LogP contribution in [0.1, 0.15) is 0 Å². The molecule has 0 aromatic heterocycles. The second kappa shape index (κ2) is 13.2. The van der Waals surface area contributed by atoms with E-state index in [1.54, 1.807) is 0 Å². The van der Waals surface area contributed by atoms with Gasteiger partial charge in [-0.25, -0.2) is 0 Å². The van der Waals surface area contributed by atoms with Crippen molar-refractivity contribution in [3.05, 3.63) is 218 Å². The van der Waals surface area contributed by atoms with E-state index in [-0.39, 0.29) is 0 Å². The molecule has 11 aromatic carbocycles. The average Bonchev–Trinajstić information content (AvgIpc) is 3.27. The van der Waals surface area contributed by atoms with Gasteiger partial charge in [-0.05, 0) is 140 Å². The monoisotopic (exact) mass is 708 g/mol. The standard InChI is InChI=1S/C56H36/c1-4-22-48-37(12-1)15-9-25-51(48)44-20-7-18-40(32-44)42-30-31-53-47(34-42)35-46-29-28-43(36-55(46)56(53)54-27-11-17-39-14-3-6-24-50(39)54)41-19-8-21-45(33-41)52-26-10-16-38-13-2-5-23-49(38)52/h1-36H. The average molecular weight is 709 g/mol. The van der Waals surface area contributed by atoms with E-state index >= 15 is 0 Å². The van der Waals surface area contributed by atoms with Gasteiger partial charge in [-0.1, -0.05) is 188 Å². The van der Waals surface area contributed by atoms with Crippen LogP contribution in [0.4, 0.5) is 0 Å². The molecule has 0 heteroatoms. The first-order chi connectivity index (χ1) is 27.7. The normalized spacial score (nSPS) is 11.6. The molecule has 0 saturated heterocycles. The molecule has 0 amide bonds. The molecule has 0 heterocycles. The molecule has 11 rings (SSSR count). The Kier molecular flexibility index (Phi) is 7.60. The number of hydrogen-bond donors (Lipinski definition) is 0. The Hall–Kier alpha value is -7.28. The molecule has 0 atom stereocenters. The maximum absolute atomic E-state index is 2.41. The van der Waals surface area contributed by atoms with Crippen molar-refractivity contribution in [2.75, 3.05) is 0 Å². The van der Waals surface area contributed by atoms with Crippen LogP contribution in [0.25, 0.3) is 109 Å². The third-order valence-electron chi connectivity index (χ3n) is 11.6. The molecule has 0 aliphatic heterocycles. The van der Waals surface area contributed by atoms with E-state index in [4.69, 9.17) is 0 Å². The molecule has 0 bridgehead atoms. The summed E-state index contributed by atoms with van der Waals surface area (Å²) in [6.45, 7) is 0. The molecule has 0 N–H and O–H groups in total. The largest absolute Gasteiger partial charge is 0.0616 e. The molecule has 11 aromatic rings. The number of hydrogen-bond acceptors (Lipinski definition) is 0. The lowest BCUT2D eigenvalue weighted by molar-refractivity contribution is 1.61. The van der Waals surface area contributed by atoms with Crippen molar-refractivity contribution in [2.45, 2.75) is 0 Å². The second-order valence-corrected chi connectivity index (χ2v) is 14.9. The number of benzene rings is 11. The fourth-order valence-corrected chi connectivity index (χ4v) is 8.90. The first-order valence-electron chi connectivity index (χ1n) is 19.4. The molecule has 0 fully saturated rings. The van der Waals surface area contributed by atoms with Gasteiger partial charge in [0.2, 0.25) is 0 Å². The highest BCUT2D eigenvalue weighted by molar-refractivity contribution is 6.18. The zero-order valence-electron chi connectivity index (χ0n) is 30.8. The molecule has 56 heavy (non-hydrogen) atoms. The Morgan fingerprint density at radius 2 is 0.607 bits per heavy atom. The van der Waals surface area contributed by atoms with Crippen molar-refractivity contribution in [2.24, 2.45) is 0 Å². The van der Waals surface area contributed by atoms with E-state index in [1.165, 1.54) is 109 Å². The summed E-state index contributed by atoms with van der Waals surface area (Å²) in [5.41, 5.74) is 12.3. The minimum absolute atomic E-state index is 1.21. The van der Waals surface area contributed by atoms with E-state index in [9.17, 15) is 0 Å². The molecule has 0 aliphatic carbocycles. The highest BCUT2D eigenvalue weighted by Gasteiger charge is 2.16. The summed E-state index contributed by atoms with van der Waals surface area (Å²) in [6.07, 6.45) is 0. The summed E-state index contributed by atoms with van der Waals surface area (Å²) in [6, 6.07) is 80.4. The van der Waals surface area contributed by atoms with Gasteiger partial charge in [0.1, 0.15) is 0 Å². The van der Waals surface area contributed by atoms with Crippen LogP contribution >= 0.6 is 0 Å². The smallest absolute Gasteiger partial charge is 0.00204 e. The van der Waals surface area contributed by atoms with Crippen molar-refractivity contribution < 1.29 is 0 Å². The molecule has 0 aliphatic rings. The summed E-state index contributed by atoms with van der Waals surface area (Å²) in [5.74, 6) is 0. The summed E-state index contributed by atoms with van der Waals surface area (Å²) in [7, 11) is 0. The van der Waals surface area contributed by atoms with Gasteiger partial charge in [0.15, 0.2) is 0 Å². The van der Waals surface area contributed by atoms with Gasteiger partial charge in [0.25, 0.3) is 0 Å². The third kappa shape index (κ3) is 5.46.